The first kappa shape index (κ1) is 24.9. The largest absolute Gasteiger partial charge is 0.497 e. The number of benzene rings is 2. The van der Waals surface area contributed by atoms with E-state index in [9.17, 15) is 9.59 Å². The molecule has 7 heteroatoms. The summed E-state index contributed by atoms with van der Waals surface area (Å²) in [4.78, 5) is 25.3. The van der Waals surface area contributed by atoms with Crippen LogP contribution in [0.15, 0.2) is 75.9 Å². The van der Waals surface area contributed by atoms with Crippen molar-refractivity contribution in [1.29, 1.82) is 0 Å². The van der Waals surface area contributed by atoms with E-state index in [2.05, 4.69) is 29.8 Å². The highest BCUT2D eigenvalue weighted by Crippen LogP contribution is 2.22. The lowest BCUT2D eigenvalue weighted by atomic mass is 10.0. The van der Waals surface area contributed by atoms with Crippen molar-refractivity contribution >= 4 is 17.3 Å². The summed E-state index contributed by atoms with van der Waals surface area (Å²) >= 11 is 0. The summed E-state index contributed by atoms with van der Waals surface area (Å²) in [5.74, 6) is 1.41. The predicted octanol–water partition coefficient (Wildman–Crippen LogP) is 4.76. The molecule has 0 saturated heterocycles. The Morgan fingerprint density at radius 1 is 0.971 bits per heavy atom. The Morgan fingerprint density at radius 3 is 2.32 bits per heavy atom. The second-order valence-electron chi connectivity index (χ2n) is 8.74. The molecular formula is C27H33N3O4. The Bertz CT molecular complexity index is 1110. The molecule has 0 unspecified atom stereocenters. The smallest absolute Gasteiger partial charge is 0.338 e. The maximum absolute atomic E-state index is 13.1. The number of ether oxygens (including phenoxy) is 1. The van der Waals surface area contributed by atoms with E-state index in [1.807, 2.05) is 61.5 Å². The third kappa shape index (κ3) is 7.40. The van der Waals surface area contributed by atoms with E-state index in [1.165, 1.54) is 6.07 Å². The third-order valence-electron chi connectivity index (χ3n) is 5.28. The molecule has 1 heterocycles. The molecule has 2 aromatic carbocycles. The maximum Gasteiger partial charge on any atom is 0.338 e. The normalized spacial score (nSPS) is 12.6. The van der Waals surface area contributed by atoms with Gasteiger partial charge in [-0.15, -0.1) is 0 Å². The van der Waals surface area contributed by atoms with Gasteiger partial charge in [-0.2, -0.15) is 0 Å². The van der Waals surface area contributed by atoms with Crippen LogP contribution in [0, 0.1) is 5.92 Å². The van der Waals surface area contributed by atoms with Gasteiger partial charge in [0.15, 0.2) is 0 Å². The molecule has 0 aliphatic carbocycles. The number of hydrogen-bond donors (Lipinski definition) is 3. The van der Waals surface area contributed by atoms with Gasteiger partial charge in [-0.05, 0) is 43.5 Å². The summed E-state index contributed by atoms with van der Waals surface area (Å²) in [7, 11) is 1.63. The quantitative estimate of drug-likeness (QED) is 0.380. The molecule has 2 atom stereocenters. The second kappa shape index (κ2) is 11.9. The van der Waals surface area contributed by atoms with Crippen molar-refractivity contribution in [2.24, 2.45) is 5.92 Å². The van der Waals surface area contributed by atoms with Gasteiger partial charge in [0, 0.05) is 41.7 Å². The van der Waals surface area contributed by atoms with Crippen molar-refractivity contribution in [3.63, 3.8) is 0 Å². The molecule has 7 nitrogen and oxygen atoms in total. The third-order valence-corrected chi connectivity index (χ3v) is 5.28. The summed E-state index contributed by atoms with van der Waals surface area (Å²) in [6.07, 6.45) is 0.616. The standard InChI is InChI=1S/C27H33N3O4/c1-18(2)14-24(27(32)29-19(3)17-28-21-10-12-23(33-4)13-11-21)30-22-15-25(34-26(31)16-22)20-8-6-5-7-9-20/h5-13,15-16,18-19,24,28,30H,14,17H2,1-4H3,(H,29,32)/t19-,24-/m0/s1. The summed E-state index contributed by atoms with van der Waals surface area (Å²) in [6.45, 7) is 6.64. The number of amides is 1. The molecule has 0 spiro atoms. The van der Waals surface area contributed by atoms with E-state index in [-0.39, 0.29) is 17.9 Å². The first-order chi connectivity index (χ1) is 16.3. The topological polar surface area (TPSA) is 92.6 Å². The number of carbonyl (C=O) groups excluding carboxylic acids is 1. The van der Waals surface area contributed by atoms with Crippen molar-refractivity contribution in [3.8, 4) is 17.1 Å². The number of anilines is 2. The Balaban J connectivity index is 1.66. The fourth-order valence-electron chi connectivity index (χ4n) is 3.58. The van der Waals surface area contributed by atoms with Crippen molar-refractivity contribution < 1.29 is 13.9 Å². The van der Waals surface area contributed by atoms with Crippen LogP contribution >= 0.6 is 0 Å². The number of rotatable bonds is 11. The van der Waals surface area contributed by atoms with E-state index in [4.69, 9.17) is 9.15 Å². The molecule has 0 aliphatic heterocycles. The first-order valence-electron chi connectivity index (χ1n) is 11.5. The van der Waals surface area contributed by atoms with Gasteiger partial charge < -0.3 is 25.1 Å². The fourth-order valence-corrected chi connectivity index (χ4v) is 3.58. The molecule has 3 rings (SSSR count). The zero-order valence-corrected chi connectivity index (χ0v) is 20.1. The number of methoxy groups -OCH3 is 1. The maximum atomic E-state index is 13.1. The summed E-state index contributed by atoms with van der Waals surface area (Å²) in [5, 5.41) is 9.63. The van der Waals surface area contributed by atoms with E-state index in [1.54, 1.807) is 13.2 Å². The van der Waals surface area contributed by atoms with Gasteiger partial charge in [-0.25, -0.2) is 4.79 Å². The highest BCUT2D eigenvalue weighted by atomic mass is 16.5. The molecular weight excluding hydrogens is 430 g/mol. The van der Waals surface area contributed by atoms with Crippen LogP contribution in [0.4, 0.5) is 11.4 Å². The van der Waals surface area contributed by atoms with Crippen molar-refractivity contribution in [3.05, 3.63) is 77.2 Å². The van der Waals surface area contributed by atoms with Gasteiger partial charge in [-0.3, -0.25) is 4.79 Å². The van der Waals surface area contributed by atoms with Gasteiger partial charge in [-0.1, -0.05) is 44.2 Å². The number of hydrogen-bond acceptors (Lipinski definition) is 6. The minimum atomic E-state index is -0.492. The molecule has 3 aromatic rings. The van der Waals surface area contributed by atoms with Crippen LogP contribution in [0.5, 0.6) is 5.75 Å². The van der Waals surface area contributed by atoms with Crippen LogP contribution in [0.25, 0.3) is 11.3 Å². The van der Waals surface area contributed by atoms with Gasteiger partial charge in [0.25, 0.3) is 0 Å². The van der Waals surface area contributed by atoms with Gasteiger partial charge in [0.2, 0.25) is 5.91 Å². The number of nitrogens with one attached hydrogen (secondary N) is 3. The van der Waals surface area contributed by atoms with Crippen molar-refractivity contribution in [1.82, 2.24) is 5.32 Å². The summed E-state index contributed by atoms with van der Waals surface area (Å²) in [5.41, 5.74) is 1.83. The molecule has 180 valence electrons. The highest BCUT2D eigenvalue weighted by molar-refractivity contribution is 5.85. The first-order valence-corrected chi connectivity index (χ1v) is 11.5. The Labute approximate surface area is 200 Å². The number of carbonyl (C=O) groups is 1. The summed E-state index contributed by atoms with van der Waals surface area (Å²) < 4.78 is 10.5. The molecule has 0 fully saturated rings. The molecule has 0 bridgehead atoms. The monoisotopic (exact) mass is 463 g/mol. The SMILES string of the molecule is COc1ccc(NC[C@H](C)NC(=O)[C@H](CC(C)C)Nc2cc(-c3ccccc3)oc(=O)c2)cc1. The average molecular weight is 464 g/mol. The van der Waals surface area contributed by atoms with E-state index in [0.717, 1.165) is 17.0 Å². The van der Waals surface area contributed by atoms with Gasteiger partial charge in [0.05, 0.1) is 7.11 Å². The Hall–Kier alpha value is -3.74. The Morgan fingerprint density at radius 2 is 1.68 bits per heavy atom. The van der Waals surface area contributed by atoms with Gasteiger partial charge in [0.1, 0.15) is 17.6 Å². The average Bonchev–Trinajstić information content (AvgIpc) is 2.82. The van der Waals surface area contributed by atoms with Crippen LogP contribution in [0.3, 0.4) is 0 Å². The lowest BCUT2D eigenvalue weighted by molar-refractivity contribution is -0.122. The van der Waals surface area contributed by atoms with Crippen LogP contribution < -0.4 is 26.3 Å². The second-order valence-corrected chi connectivity index (χ2v) is 8.74. The van der Waals surface area contributed by atoms with Crippen molar-refractivity contribution in [2.45, 2.75) is 39.3 Å². The molecule has 0 aliphatic rings. The van der Waals surface area contributed by atoms with E-state index in [0.29, 0.717) is 24.4 Å². The molecule has 3 N–H and O–H groups in total. The molecule has 0 saturated carbocycles. The molecule has 0 radical (unpaired) electrons. The predicted molar refractivity (Wildman–Crippen MR) is 136 cm³/mol. The van der Waals surface area contributed by atoms with Crippen LogP contribution in [-0.4, -0.2) is 31.6 Å². The molecule has 34 heavy (non-hydrogen) atoms. The molecule has 1 amide bonds. The molecule has 1 aromatic heterocycles. The lowest BCUT2D eigenvalue weighted by Gasteiger charge is -2.24. The highest BCUT2D eigenvalue weighted by Gasteiger charge is 2.22. The Kier molecular flexibility index (Phi) is 8.73. The van der Waals surface area contributed by atoms with Crippen LogP contribution in [0.1, 0.15) is 27.2 Å². The summed E-state index contributed by atoms with van der Waals surface area (Å²) in [6, 6.07) is 19.6. The minimum absolute atomic E-state index is 0.105. The van der Waals surface area contributed by atoms with Gasteiger partial charge >= 0.3 is 5.63 Å². The zero-order valence-electron chi connectivity index (χ0n) is 20.1. The van der Waals surface area contributed by atoms with Crippen molar-refractivity contribution in [2.75, 3.05) is 24.3 Å². The fraction of sp³-hybridized carbons (Fsp3) is 0.333. The van der Waals surface area contributed by atoms with E-state index >= 15 is 0 Å². The van der Waals surface area contributed by atoms with E-state index < -0.39 is 11.7 Å². The minimum Gasteiger partial charge on any atom is -0.497 e. The van der Waals surface area contributed by atoms with Crippen LogP contribution in [-0.2, 0) is 4.79 Å². The zero-order chi connectivity index (χ0) is 24.5. The van der Waals surface area contributed by atoms with Crippen LogP contribution in [0.2, 0.25) is 0 Å². The lowest BCUT2D eigenvalue weighted by Crippen LogP contribution is -2.46.